The highest BCUT2D eigenvalue weighted by Gasteiger charge is 2.52. The van der Waals surface area contributed by atoms with Crippen molar-refractivity contribution in [2.75, 3.05) is 31.0 Å². The predicted octanol–water partition coefficient (Wildman–Crippen LogP) is 9.56. The van der Waals surface area contributed by atoms with Gasteiger partial charge in [-0.25, -0.2) is 4.98 Å². The van der Waals surface area contributed by atoms with Gasteiger partial charge >= 0.3 is 5.97 Å². The first kappa shape index (κ1) is 47.7. The molecule has 8 atom stereocenters. The van der Waals surface area contributed by atoms with Gasteiger partial charge in [-0.05, 0) is 116 Å². The number of methoxy groups -OCH3 is 1. The topological polar surface area (TPSA) is 174 Å². The summed E-state index contributed by atoms with van der Waals surface area (Å²) in [6.45, 7) is 1.81. The van der Waals surface area contributed by atoms with E-state index in [1.807, 2.05) is 33.7 Å². The Kier molecular flexibility index (Phi) is 12.9. The number of nitrogens with two attached hydrogens (primary N) is 1. The van der Waals surface area contributed by atoms with Crippen LogP contribution in [0, 0.1) is 23.7 Å². The lowest BCUT2D eigenvalue weighted by Gasteiger charge is -2.39. The van der Waals surface area contributed by atoms with Crippen LogP contribution in [0.4, 0.5) is 5.82 Å². The Hall–Kier alpha value is -5.33. The summed E-state index contributed by atoms with van der Waals surface area (Å²) >= 11 is 0. The number of aromatic nitrogens is 1. The van der Waals surface area contributed by atoms with E-state index in [9.17, 15) is 19.8 Å². The zero-order chi connectivity index (χ0) is 49.3. The largest absolute Gasteiger partial charge is 0.508 e. The second kappa shape index (κ2) is 19.5. The smallest absolute Gasteiger partial charge is 0.302 e. The summed E-state index contributed by atoms with van der Waals surface area (Å²) in [7, 11) is 5.42. The number of hydrogen-bond donors (Lipinski definition) is 5. The van der Waals surface area contributed by atoms with Crippen molar-refractivity contribution in [1.82, 2.24) is 15.6 Å². The fourth-order valence-corrected chi connectivity index (χ4v) is 16.5. The number of benzene rings is 3. The molecule has 376 valence electrons. The minimum absolute atomic E-state index is 0.0598. The van der Waals surface area contributed by atoms with E-state index in [0.29, 0.717) is 72.1 Å². The molecular formula is C58H64N4O8S2. The highest BCUT2D eigenvalue weighted by molar-refractivity contribution is 8.76. The Morgan fingerprint density at radius 1 is 1.03 bits per heavy atom. The summed E-state index contributed by atoms with van der Waals surface area (Å²) in [6, 6.07) is 12.2. The Labute approximate surface area is 429 Å². The van der Waals surface area contributed by atoms with Crippen molar-refractivity contribution in [3.8, 4) is 51.7 Å². The van der Waals surface area contributed by atoms with E-state index in [1.165, 1.54) is 19.8 Å². The number of phenols is 2. The Balaban J connectivity index is 1.10. The zero-order valence-electron chi connectivity index (χ0n) is 41.2. The van der Waals surface area contributed by atoms with Crippen LogP contribution in [0.25, 0.3) is 17.2 Å². The second-order valence-corrected chi connectivity index (χ2v) is 24.2. The number of aromatic hydroxyl groups is 2. The third kappa shape index (κ3) is 8.79. The average molecular weight is 1010 g/mol. The molecule has 14 heteroatoms. The molecule has 8 aliphatic rings. The molecule has 0 amide bonds. The minimum atomic E-state index is -0.700. The fraction of sp³-hybridized carbons (Fsp3) is 0.500. The molecule has 4 aromatic rings. The summed E-state index contributed by atoms with van der Waals surface area (Å²) < 4.78 is 27.2. The fourth-order valence-electron chi connectivity index (χ4n) is 13.8. The molecule has 3 aromatic carbocycles. The van der Waals surface area contributed by atoms with Gasteiger partial charge in [0.2, 0.25) is 0 Å². The van der Waals surface area contributed by atoms with E-state index in [0.717, 1.165) is 113 Å². The molecule has 0 unspecified atom stereocenters. The average Bonchev–Trinajstić information content (AvgIpc) is 3.88. The molecule has 1 aromatic heterocycles. The number of ketones is 1. The molecule has 6 N–H and O–H groups in total. The predicted molar refractivity (Wildman–Crippen MR) is 282 cm³/mol. The molecule has 1 spiro atoms. The number of fused-ring (bicyclic) bond motifs is 12. The number of ether oxygens (including phenoxy) is 4. The maximum absolute atomic E-state index is 13.0. The molecule has 12 rings (SSSR count). The van der Waals surface area contributed by atoms with E-state index in [4.69, 9.17) is 29.7 Å². The van der Waals surface area contributed by atoms with Crippen LogP contribution >= 0.6 is 21.6 Å². The third-order valence-electron chi connectivity index (χ3n) is 17.2. The quantitative estimate of drug-likeness (QED) is 0.0702. The Morgan fingerprint density at radius 3 is 2.74 bits per heavy atom. The molecule has 1 saturated heterocycles. The van der Waals surface area contributed by atoms with Crippen LogP contribution < -0.4 is 30.6 Å². The second-order valence-electron chi connectivity index (χ2n) is 21.7. The highest BCUT2D eigenvalue weighted by Crippen LogP contribution is 2.63. The van der Waals surface area contributed by atoms with Crippen LogP contribution in [0.2, 0.25) is 0 Å². The number of nitrogens with one attached hydrogen (secondary N) is 2. The number of carbonyl (C=O) groups is 2. The maximum atomic E-state index is 13.0. The van der Waals surface area contributed by atoms with Gasteiger partial charge in [0.15, 0.2) is 11.5 Å². The van der Waals surface area contributed by atoms with Crippen LogP contribution in [-0.4, -0.2) is 76.4 Å². The van der Waals surface area contributed by atoms with Gasteiger partial charge < -0.3 is 45.5 Å². The van der Waals surface area contributed by atoms with Crippen molar-refractivity contribution in [2.45, 2.75) is 145 Å². The molecule has 6 bridgehead atoms. The number of hydrogen-bond acceptors (Lipinski definition) is 14. The molecule has 4 fully saturated rings. The lowest BCUT2D eigenvalue weighted by molar-refractivity contribution is -0.142. The van der Waals surface area contributed by atoms with Crippen molar-refractivity contribution < 1.29 is 38.7 Å². The number of nitrogens with zero attached hydrogens (tertiary/aromatic N) is 1. The number of rotatable bonds is 6. The van der Waals surface area contributed by atoms with E-state index in [2.05, 4.69) is 52.8 Å². The molecule has 4 aliphatic carbocycles. The van der Waals surface area contributed by atoms with E-state index in [1.54, 1.807) is 13.2 Å². The van der Waals surface area contributed by atoms with Crippen LogP contribution in [0.1, 0.15) is 140 Å². The van der Waals surface area contributed by atoms with Crippen molar-refractivity contribution in [3.63, 3.8) is 0 Å². The van der Waals surface area contributed by atoms with Crippen LogP contribution in [0.3, 0.4) is 0 Å². The first-order valence-electron chi connectivity index (χ1n) is 26.1. The van der Waals surface area contributed by atoms with Crippen molar-refractivity contribution in [1.29, 1.82) is 0 Å². The van der Waals surface area contributed by atoms with Gasteiger partial charge in [-0.3, -0.25) is 9.59 Å². The molecule has 12 nitrogen and oxygen atoms in total. The summed E-state index contributed by atoms with van der Waals surface area (Å²) in [5.74, 6) is 11.7. The number of phenolic OH excluding ortho intramolecular Hbond substituents is 2. The number of nitrogen functional groups attached to an aromatic ring is 1. The van der Waals surface area contributed by atoms with Crippen molar-refractivity contribution in [3.05, 3.63) is 92.7 Å². The molecule has 5 heterocycles. The van der Waals surface area contributed by atoms with E-state index < -0.39 is 12.0 Å². The normalized spacial score (nSPS) is 28.1. The standard InChI is InChI=1S/C58H64N4O8S2/c1-31(63)68-28-45-41-14-15-42-51-35(23-39(65)24-48(51)67-2)26-58-20-19-32(25-58)21-34-9-18-50(59)62-46(34)8-4-7-40-44(27-60-36-10-12-38(64)13-11-36)54(66)57-43(52(40)55(45)70-56(41)53(42)58)16-17-47-49(69-57)30-72-71-29-33-5-3-6-37(22-33)61-47/h9,14-18,23-24,32-33,36-37,45,47,49,55,60-61,65-66H,3,5-7,10-13,19-22,25-30H2,1-2H3,(H2,59,62)/t32-,33-,37+,45+,47+,49-,55+,58-/m1/s1. The van der Waals surface area contributed by atoms with Gasteiger partial charge in [0.25, 0.3) is 0 Å². The summed E-state index contributed by atoms with van der Waals surface area (Å²) in [6.07, 6.45) is 14.9. The van der Waals surface area contributed by atoms with Crippen LogP contribution in [-0.2, 0) is 45.5 Å². The van der Waals surface area contributed by atoms with Gasteiger partial charge in [-0.1, -0.05) is 64.3 Å². The van der Waals surface area contributed by atoms with Crippen LogP contribution in [0.15, 0.2) is 42.5 Å². The van der Waals surface area contributed by atoms with Gasteiger partial charge in [-0.15, -0.1) is 0 Å². The highest BCUT2D eigenvalue weighted by atomic mass is 33.1. The summed E-state index contributed by atoms with van der Waals surface area (Å²) in [4.78, 5) is 30.2. The first-order chi connectivity index (χ1) is 35.0. The SMILES string of the molecule is COc1cc(O)cc2c1-c1ccc3c4c1[C@@]1(CC[C@H](Cc5ccc(N)nc5C#CCc5c(CNC6CCC(=O)CC6)c(O)c6c(c5[C@@H](O4)[C@H]3COC(C)=O)C=C[C@@H]3N[C@H]4CCC[C@@H](CSSC[C@H]3O6)C4)C1)C2. The van der Waals surface area contributed by atoms with Gasteiger partial charge in [0.1, 0.15) is 53.4 Å². The molecule has 4 aliphatic heterocycles. The van der Waals surface area contributed by atoms with Gasteiger partial charge in [-0.2, -0.15) is 0 Å². The van der Waals surface area contributed by atoms with E-state index >= 15 is 0 Å². The lowest BCUT2D eigenvalue weighted by Crippen LogP contribution is -2.49. The zero-order valence-corrected chi connectivity index (χ0v) is 42.8. The third-order valence-corrected chi connectivity index (χ3v) is 19.7. The van der Waals surface area contributed by atoms with Crippen molar-refractivity contribution in [2.24, 2.45) is 11.8 Å². The van der Waals surface area contributed by atoms with Gasteiger partial charge in [0, 0.05) is 101 Å². The number of esters is 1. The Bertz CT molecular complexity index is 2940. The van der Waals surface area contributed by atoms with Crippen molar-refractivity contribution >= 4 is 45.2 Å². The number of pyridine rings is 1. The first-order valence-corrected chi connectivity index (χ1v) is 28.6. The van der Waals surface area contributed by atoms with E-state index in [-0.39, 0.29) is 65.8 Å². The Morgan fingerprint density at radius 2 is 1.89 bits per heavy atom. The lowest BCUT2D eigenvalue weighted by atomic mass is 9.65. The molecule has 0 radical (unpaired) electrons. The number of Topliss-reactive ketones (excluding diaryl/α,β-unsaturated/α-hetero) is 1. The molecule has 72 heavy (non-hydrogen) atoms. The molecular weight excluding hydrogens is 945 g/mol. The monoisotopic (exact) mass is 1010 g/mol. The summed E-state index contributed by atoms with van der Waals surface area (Å²) in [5.41, 5.74) is 15.9. The van der Waals surface area contributed by atoms with Crippen LogP contribution in [0.5, 0.6) is 28.7 Å². The van der Waals surface area contributed by atoms with Gasteiger partial charge in [0.05, 0.1) is 19.1 Å². The molecule has 3 saturated carbocycles. The number of anilines is 1. The maximum Gasteiger partial charge on any atom is 0.302 e. The number of carbonyl (C=O) groups excluding carboxylic acids is 2. The summed E-state index contributed by atoms with van der Waals surface area (Å²) in [5, 5.41) is 31.9. The minimum Gasteiger partial charge on any atom is -0.508 e.